The Bertz CT molecular complexity index is 1140. The molecule has 4 N–H and O–H groups in total. The second kappa shape index (κ2) is 12.3. The molecule has 3 aromatic rings. The fourth-order valence-electron chi connectivity index (χ4n) is 3.59. The lowest BCUT2D eigenvalue weighted by atomic mass is 10.1. The number of nitrogens with one attached hydrogen (secondary N) is 2. The smallest absolute Gasteiger partial charge is 0.475 e. The van der Waals surface area contributed by atoms with Crippen molar-refractivity contribution >= 4 is 11.9 Å². The molecule has 1 fully saturated rings. The van der Waals surface area contributed by atoms with Gasteiger partial charge in [-0.15, -0.1) is 5.10 Å². The fraction of sp³-hybridized carbons (Fsp3) is 0.333. The lowest BCUT2D eigenvalue weighted by molar-refractivity contribution is -0.192. The summed E-state index contributed by atoms with van der Waals surface area (Å²) in [7, 11) is 0. The van der Waals surface area contributed by atoms with Crippen molar-refractivity contribution in [3.05, 3.63) is 83.2 Å². The number of hydroxylamine groups is 1. The fourth-order valence-corrected chi connectivity index (χ4v) is 3.59. The number of carbonyl (C=O) groups is 2. The predicted molar refractivity (Wildman–Crippen MR) is 122 cm³/mol. The highest BCUT2D eigenvalue weighted by Crippen LogP contribution is 2.40. The van der Waals surface area contributed by atoms with E-state index in [4.69, 9.17) is 15.1 Å². The van der Waals surface area contributed by atoms with E-state index in [1.807, 2.05) is 23.0 Å². The summed E-state index contributed by atoms with van der Waals surface area (Å²) in [5, 5.41) is 27.8. The number of rotatable bonds is 9. The molecule has 9 nitrogen and oxygen atoms in total. The first-order valence-electron chi connectivity index (χ1n) is 11.2. The van der Waals surface area contributed by atoms with E-state index in [1.165, 1.54) is 12.0 Å². The molecule has 0 spiro atoms. The summed E-state index contributed by atoms with van der Waals surface area (Å²) in [6.07, 6.45) is -0.0890. The number of aryl methyl sites for hydroxylation is 2. The van der Waals surface area contributed by atoms with Gasteiger partial charge in [0.1, 0.15) is 0 Å². The van der Waals surface area contributed by atoms with Crippen molar-refractivity contribution in [2.24, 2.45) is 0 Å². The SMILES string of the molecule is O=C(NO)c1ccc(CCCn2cc(CNC3CC3c3ccccc3)nn2)cc1.O=C(O)C(F)(F)F. The monoisotopic (exact) mass is 505 g/mol. The first-order valence-corrected chi connectivity index (χ1v) is 11.2. The number of alkyl halides is 3. The number of hydrogen-bond acceptors (Lipinski definition) is 6. The van der Waals surface area contributed by atoms with E-state index < -0.39 is 18.1 Å². The normalized spacial score (nSPS) is 16.6. The molecular weight excluding hydrogens is 479 g/mol. The van der Waals surface area contributed by atoms with Crippen LogP contribution in [0.4, 0.5) is 13.2 Å². The number of hydrogen-bond donors (Lipinski definition) is 4. The Morgan fingerprint density at radius 2 is 1.75 bits per heavy atom. The Kier molecular flexibility index (Phi) is 9.14. The Labute approximate surface area is 204 Å². The van der Waals surface area contributed by atoms with Crippen molar-refractivity contribution < 1.29 is 33.1 Å². The summed E-state index contributed by atoms with van der Waals surface area (Å²) in [6.45, 7) is 1.53. The Morgan fingerprint density at radius 3 is 2.36 bits per heavy atom. The molecule has 2 unspecified atom stereocenters. The summed E-state index contributed by atoms with van der Waals surface area (Å²) < 4.78 is 33.6. The molecule has 0 bridgehead atoms. The molecule has 1 aliphatic rings. The number of aliphatic carboxylic acids is 1. The third-order valence-corrected chi connectivity index (χ3v) is 5.56. The number of amides is 1. The van der Waals surface area contributed by atoms with E-state index in [-0.39, 0.29) is 0 Å². The number of carboxylic acids is 1. The zero-order valence-corrected chi connectivity index (χ0v) is 19.2. The highest BCUT2D eigenvalue weighted by Gasteiger charge is 2.38. The number of carboxylic acid groups (broad SMARTS) is 1. The van der Waals surface area contributed by atoms with Gasteiger partial charge in [0.25, 0.3) is 5.91 Å². The molecule has 0 aliphatic heterocycles. The van der Waals surface area contributed by atoms with E-state index >= 15 is 0 Å². The minimum absolute atomic E-state index is 0.440. The average molecular weight is 505 g/mol. The summed E-state index contributed by atoms with van der Waals surface area (Å²) in [5.74, 6) is -2.64. The van der Waals surface area contributed by atoms with Gasteiger partial charge in [-0.1, -0.05) is 47.7 Å². The first kappa shape index (κ1) is 26.8. The summed E-state index contributed by atoms with van der Waals surface area (Å²) in [6, 6.07) is 18.4. The van der Waals surface area contributed by atoms with Crippen molar-refractivity contribution in [1.82, 2.24) is 25.8 Å². The zero-order chi connectivity index (χ0) is 26.1. The quantitative estimate of drug-likeness (QED) is 0.259. The van der Waals surface area contributed by atoms with Crippen molar-refractivity contribution in [3.8, 4) is 0 Å². The molecule has 36 heavy (non-hydrogen) atoms. The van der Waals surface area contributed by atoms with Crippen LogP contribution in [-0.2, 0) is 24.3 Å². The summed E-state index contributed by atoms with van der Waals surface area (Å²) in [5.41, 5.74) is 5.58. The topological polar surface area (TPSA) is 129 Å². The average Bonchev–Trinajstić information content (AvgIpc) is 3.52. The largest absolute Gasteiger partial charge is 0.490 e. The van der Waals surface area contributed by atoms with E-state index in [9.17, 15) is 18.0 Å². The molecule has 0 saturated heterocycles. The van der Waals surface area contributed by atoms with Crippen molar-refractivity contribution in [1.29, 1.82) is 0 Å². The van der Waals surface area contributed by atoms with Crippen molar-refractivity contribution in [3.63, 3.8) is 0 Å². The third kappa shape index (κ3) is 8.17. The minimum Gasteiger partial charge on any atom is -0.475 e. The van der Waals surface area contributed by atoms with E-state index in [2.05, 4.69) is 46.0 Å². The van der Waals surface area contributed by atoms with Gasteiger partial charge in [0.05, 0.1) is 5.69 Å². The van der Waals surface area contributed by atoms with E-state index in [0.29, 0.717) is 17.5 Å². The van der Waals surface area contributed by atoms with Gasteiger partial charge in [0.2, 0.25) is 0 Å². The molecule has 1 heterocycles. The molecule has 1 saturated carbocycles. The molecule has 1 amide bonds. The third-order valence-electron chi connectivity index (χ3n) is 5.56. The number of halogens is 3. The van der Waals surface area contributed by atoms with Crippen LogP contribution in [0.3, 0.4) is 0 Å². The van der Waals surface area contributed by atoms with Crippen LogP contribution in [-0.4, -0.2) is 49.4 Å². The molecule has 1 aliphatic carbocycles. The maximum atomic E-state index is 11.3. The van der Waals surface area contributed by atoms with Gasteiger partial charge in [-0.3, -0.25) is 14.7 Å². The Hall–Kier alpha value is -3.77. The highest BCUT2D eigenvalue weighted by atomic mass is 19.4. The minimum atomic E-state index is -5.08. The number of nitrogens with zero attached hydrogens (tertiary/aromatic N) is 3. The summed E-state index contributed by atoms with van der Waals surface area (Å²) >= 11 is 0. The Balaban J connectivity index is 0.000000454. The highest BCUT2D eigenvalue weighted by molar-refractivity contribution is 5.93. The lowest BCUT2D eigenvalue weighted by Gasteiger charge is -2.04. The van der Waals surface area contributed by atoms with Crippen LogP contribution < -0.4 is 10.8 Å². The van der Waals surface area contributed by atoms with Gasteiger partial charge in [0, 0.05) is 36.8 Å². The molecule has 0 radical (unpaired) electrons. The van der Waals surface area contributed by atoms with Crippen LogP contribution >= 0.6 is 0 Å². The number of carbonyl (C=O) groups excluding carboxylic acids is 1. The Morgan fingerprint density at radius 1 is 1.08 bits per heavy atom. The molecule has 1 aromatic heterocycles. The number of aromatic nitrogens is 3. The maximum absolute atomic E-state index is 11.3. The van der Waals surface area contributed by atoms with Crippen LogP contribution in [0.15, 0.2) is 60.8 Å². The van der Waals surface area contributed by atoms with Gasteiger partial charge in [-0.05, 0) is 42.5 Å². The van der Waals surface area contributed by atoms with Crippen LogP contribution in [0, 0.1) is 0 Å². The number of benzene rings is 2. The summed E-state index contributed by atoms with van der Waals surface area (Å²) in [4.78, 5) is 20.2. The lowest BCUT2D eigenvalue weighted by Crippen LogP contribution is -2.21. The van der Waals surface area contributed by atoms with Gasteiger partial charge in [0.15, 0.2) is 0 Å². The zero-order valence-electron chi connectivity index (χ0n) is 19.2. The van der Waals surface area contributed by atoms with E-state index in [0.717, 1.165) is 37.2 Å². The molecule has 2 aromatic carbocycles. The first-order chi connectivity index (χ1) is 17.2. The van der Waals surface area contributed by atoms with Crippen LogP contribution in [0.25, 0.3) is 0 Å². The van der Waals surface area contributed by atoms with Crippen LogP contribution in [0.5, 0.6) is 0 Å². The molecule has 4 rings (SSSR count). The van der Waals surface area contributed by atoms with Crippen molar-refractivity contribution in [2.45, 2.75) is 50.5 Å². The standard InChI is InChI=1S/C22H25N5O2.C2HF3O2/c28-22(25-29)18-10-8-16(9-11-18)5-4-12-27-15-19(24-26-27)14-23-21-13-20(21)17-6-2-1-3-7-17;3-2(4,5)1(6)7/h1-3,6-11,15,20-21,23,29H,4-5,12-14H2,(H,25,28);(H,6,7). The van der Waals surface area contributed by atoms with Crippen LogP contribution in [0.2, 0.25) is 0 Å². The van der Waals surface area contributed by atoms with Crippen LogP contribution in [0.1, 0.15) is 45.9 Å². The molecule has 12 heteroatoms. The van der Waals surface area contributed by atoms with E-state index in [1.54, 1.807) is 17.6 Å². The van der Waals surface area contributed by atoms with Gasteiger partial charge in [-0.25, -0.2) is 10.3 Å². The second-order valence-electron chi connectivity index (χ2n) is 8.26. The second-order valence-corrected chi connectivity index (χ2v) is 8.26. The molecular formula is C24H26F3N5O4. The van der Waals surface area contributed by atoms with Gasteiger partial charge >= 0.3 is 12.1 Å². The van der Waals surface area contributed by atoms with Crippen molar-refractivity contribution in [2.75, 3.05) is 0 Å². The molecule has 2 atom stereocenters. The molecule has 192 valence electrons. The predicted octanol–water partition coefficient (Wildman–Crippen LogP) is 3.31. The van der Waals surface area contributed by atoms with Gasteiger partial charge in [-0.2, -0.15) is 13.2 Å². The van der Waals surface area contributed by atoms with Gasteiger partial charge < -0.3 is 10.4 Å². The maximum Gasteiger partial charge on any atom is 0.490 e.